The molecule has 2 aromatic heterocycles. The summed E-state index contributed by atoms with van der Waals surface area (Å²) in [7, 11) is -2.76. The van der Waals surface area contributed by atoms with Crippen molar-refractivity contribution in [2.45, 2.75) is 0 Å². The Morgan fingerprint density at radius 2 is 0.652 bits per heavy atom. The molecule has 11 aromatic carbocycles. The van der Waals surface area contributed by atoms with E-state index in [-0.39, 0.29) is 0 Å². The van der Waals surface area contributed by atoms with Crippen LogP contribution < -0.4 is 20.7 Å². The van der Waals surface area contributed by atoms with Gasteiger partial charge < -0.3 is 9.13 Å². The number of nitrogens with zero attached hydrogens (tertiary/aromatic N) is 2. The molecule has 3 heteroatoms. The molecule has 13 rings (SSSR count). The SMILES string of the molecule is c1ccc(-c2ccc(-n3c4ccccc4c4c5c6ccccc6n(-c6cc(-c7cccc([Si](c8ccccc8)(c8ccccc8)c8ccccc8)c7)ccc6-c6ccccc6)c5ccc43)cc2)cc1. The smallest absolute Gasteiger partial charge is 0.179 e. The predicted molar refractivity (Wildman–Crippen MR) is 295 cm³/mol. The number of hydrogen-bond acceptors (Lipinski definition) is 0. The highest BCUT2D eigenvalue weighted by atomic mass is 28.3. The lowest BCUT2D eigenvalue weighted by molar-refractivity contribution is 1.17. The van der Waals surface area contributed by atoms with Gasteiger partial charge in [-0.1, -0.05) is 237 Å². The van der Waals surface area contributed by atoms with Gasteiger partial charge in [-0.05, 0) is 91.0 Å². The molecule has 0 spiro atoms. The molecule has 0 aliphatic heterocycles. The lowest BCUT2D eigenvalue weighted by Crippen LogP contribution is -2.74. The monoisotopic (exact) mass is 894 g/mol. The van der Waals surface area contributed by atoms with Gasteiger partial charge in [-0.3, -0.25) is 0 Å². The lowest BCUT2D eigenvalue weighted by atomic mass is 9.98. The van der Waals surface area contributed by atoms with Gasteiger partial charge >= 0.3 is 0 Å². The molecule has 324 valence electrons. The number of hydrogen-bond donors (Lipinski definition) is 0. The van der Waals surface area contributed by atoms with E-state index in [2.05, 4.69) is 288 Å². The first-order valence-electron chi connectivity index (χ1n) is 23.8. The van der Waals surface area contributed by atoms with E-state index in [0.717, 1.165) is 11.4 Å². The van der Waals surface area contributed by atoms with E-state index >= 15 is 0 Å². The second-order valence-electron chi connectivity index (χ2n) is 18.0. The summed E-state index contributed by atoms with van der Waals surface area (Å²) in [6.07, 6.45) is 0. The summed E-state index contributed by atoms with van der Waals surface area (Å²) in [4.78, 5) is 0. The van der Waals surface area contributed by atoms with Crippen molar-refractivity contribution in [2.75, 3.05) is 0 Å². The Labute approximate surface area is 403 Å². The first-order valence-corrected chi connectivity index (χ1v) is 25.8. The Balaban J connectivity index is 1.05. The van der Waals surface area contributed by atoms with Crippen LogP contribution in [0.4, 0.5) is 0 Å². The molecule has 2 heterocycles. The zero-order valence-corrected chi connectivity index (χ0v) is 39.0. The highest BCUT2D eigenvalue weighted by molar-refractivity contribution is 7.19. The topological polar surface area (TPSA) is 9.86 Å². The molecule has 2 nitrogen and oxygen atoms in total. The van der Waals surface area contributed by atoms with Crippen molar-refractivity contribution in [1.82, 2.24) is 9.13 Å². The molecule has 0 saturated carbocycles. The summed E-state index contributed by atoms with van der Waals surface area (Å²) in [5.74, 6) is 0. The number of fused-ring (bicyclic) bond motifs is 7. The quantitative estimate of drug-likeness (QED) is 0.101. The van der Waals surface area contributed by atoms with Gasteiger partial charge in [0.2, 0.25) is 0 Å². The first-order chi connectivity index (χ1) is 34.3. The van der Waals surface area contributed by atoms with Crippen molar-refractivity contribution in [3.8, 4) is 44.8 Å². The Morgan fingerprint density at radius 3 is 1.22 bits per heavy atom. The molecule has 0 N–H and O–H groups in total. The van der Waals surface area contributed by atoms with Crippen molar-refractivity contribution in [1.29, 1.82) is 0 Å². The molecule has 69 heavy (non-hydrogen) atoms. The molecule has 0 amide bonds. The van der Waals surface area contributed by atoms with Crippen molar-refractivity contribution in [3.63, 3.8) is 0 Å². The molecule has 0 fully saturated rings. The highest BCUT2D eigenvalue weighted by Crippen LogP contribution is 2.44. The van der Waals surface area contributed by atoms with E-state index in [1.165, 1.54) is 97.7 Å². The molecule has 0 aliphatic rings. The normalized spacial score (nSPS) is 11.8. The molecule has 0 unspecified atom stereocenters. The van der Waals surface area contributed by atoms with Crippen LogP contribution in [0.15, 0.2) is 279 Å². The fourth-order valence-electron chi connectivity index (χ4n) is 11.2. The molecule has 13 aromatic rings. The fraction of sp³-hybridized carbons (Fsp3) is 0. The average Bonchev–Trinajstić information content (AvgIpc) is 3.95. The first kappa shape index (κ1) is 40.5. The maximum absolute atomic E-state index is 2.76. The van der Waals surface area contributed by atoms with Gasteiger partial charge in [-0.2, -0.15) is 0 Å². The van der Waals surface area contributed by atoms with Gasteiger partial charge in [0.05, 0.1) is 27.8 Å². The van der Waals surface area contributed by atoms with Crippen LogP contribution in [0.1, 0.15) is 0 Å². The highest BCUT2D eigenvalue weighted by Gasteiger charge is 2.41. The Morgan fingerprint density at radius 1 is 0.246 bits per heavy atom. The van der Waals surface area contributed by atoms with E-state index in [1.54, 1.807) is 0 Å². The van der Waals surface area contributed by atoms with Crippen molar-refractivity contribution in [3.05, 3.63) is 279 Å². The van der Waals surface area contributed by atoms with Crippen molar-refractivity contribution >= 4 is 72.4 Å². The van der Waals surface area contributed by atoms with Crippen LogP contribution in [0.3, 0.4) is 0 Å². The Kier molecular flexibility index (Phi) is 9.88. The van der Waals surface area contributed by atoms with Crippen LogP contribution in [-0.2, 0) is 0 Å². The molecular formula is C66H46N2Si. The molecule has 0 aliphatic carbocycles. The van der Waals surface area contributed by atoms with E-state index in [0.29, 0.717) is 0 Å². The minimum absolute atomic E-state index is 1.14. The third kappa shape index (κ3) is 6.62. The molecule has 0 radical (unpaired) electrons. The molecule has 0 bridgehead atoms. The van der Waals surface area contributed by atoms with E-state index in [1.807, 2.05) is 0 Å². The summed E-state index contributed by atoms with van der Waals surface area (Å²) >= 11 is 0. The van der Waals surface area contributed by atoms with Crippen LogP contribution in [0.25, 0.3) is 88.4 Å². The second kappa shape index (κ2) is 16.8. The number of benzene rings is 11. The van der Waals surface area contributed by atoms with Gasteiger partial charge in [-0.25, -0.2) is 0 Å². The summed E-state index contributed by atoms with van der Waals surface area (Å²) in [5, 5.41) is 10.4. The van der Waals surface area contributed by atoms with Crippen molar-refractivity contribution in [2.24, 2.45) is 0 Å². The van der Waals surface area contributed by atoms with Gasteiger partial charge in [0.15, 0.2) is 8.07 Å². The van der Waals surface area contributed by atoms with Gasteiger partial charge in [-0.15, -0.1) is 0 Å². The van der Waals surface area contributed by atoms with E-state index in [4.69, 9.17) is 0 Å². The number of para-hydroxylation sites is 2. The van der Waals surface area contributed by atoms with Crippen LogP contribution in [-0.4, -0.2) is 17.2 Å². The third-order valence-electron chi connectivity index (χ3n) is 14.3. The van der Waals surface area contributed by atoms with Crippen LogP contribution in [0.5, 0.6) is 0 Å². The van der Waals surface area contributed by atoms with Crippen LogP contribution in [0, 0.1) is 0 Å². The van der Waals surface area contributed by atoms with Crippen molar-refractivity contribution < 1.29 is 0 Å². The number of rotatable bonds is 9. The van der Waals surface area contributed by atoms with Gasteiger partial charge in [0.25, 0.3) is 0 Å². The fourth-order valence-corrected chi connectivity index (χ4v) is 16.0. The van der Waals surface area contributed by atoms with E-state index in [9.17, 15) is 0 Å². The lowest BCUT2D eigenvalue weighted by Gasteiger charge is -2.34. The van der Waals surface area contributed by atoms with Gasteiger partial charge in [0, 0.05) is 32.8 Å². The standard InChI is InChI=1S/C66H46N2Si/c1-6-21-47(22-7-1)48-37-40-52(41-38-48)67-60-35-18-16-33-58(60)65-62(67)43-44-63-66(65)59-34-17-19-36-61(59)68(63)64-46-51(39-42-57(64)49-23-8-2-9-24-49)50-25-20-32-56(45-50)69(53-26-10-3-11-27-53,54-28-12-4-13-29-54)55-30-14-5-15-31-55/h1-46H. The predicted octanol–water partition coefficient (Wildman–Crippen LogP) is 14.3. The summed E-state index contributed by atoms with van der Waals surface area (Å²) in [6.45, 7) is 0. The zero-order chi connectivity index (χ0) is 45.7. The average molecular weight is 895 g/mol. The summed E-state index contributed by atoms with van der Waals surface area (Å²) in [6, 6.07) is 103. The van der Waals surface area contributed by atoms with E-state index < -0.39 is 8.07 Å². The molecule has 0 saturated heterocycles. The van der Waals surface area contributed by atoms with Crippen LogP contribution >= 0.6 is 0 Å². The van der Waals surface area contributed by atoms with Gasteiger partial charge in [0.1, 0.15) is 0 Å². The minimum Gasteiger partial charge on any atom is -0.309 e. The maximum atomic E-state index is 2.53. The largest absolute Gasteiger partial charge is 0.309 e. The Bertz CT molecular complexity index is 3870. The summed E-state index contributed by atoms with van der Waals surface area (Å²) in [5.41, 5.74) is 14.2. The second-order valence-corrected chi connectivity index (χ2v) is 21.8. The zero-order valence-electron chi connectivity index (χ0n) is 38.0. The summed E-state index contributed by atoms with van der Waals surface area (Å²) < 4.78 is 4.97. The third-order valence-corrected chi connectivity index (χ3v) is 19.1. The molecule has 0 atom stereocenters. The number of aromatic nitrogens is 2. The minimum atomic E-state index is -2.76. The van der Waals surface area contributed by atoms with Crippen LogP contribution in [0.2, 0.25) is 0 Å². The molecular weight excluding hydrogens is 849 g/mol. The Hall–Kier alpha value is -8.76. The maximum Gasteiger partial charge on any atom is 0.179 e.